The van der Waals surface area contributed by atoms with Crippen LogP contribution in [0.1, 0.15) is 50.2 Å². The standard InChI is InChI=1S/C49H47N3/c1-4-6-30-51-31-13-7-8-15-38(5-2)48(50-3)35-49(47-21-14-20-44(34-47)46-29-27-40-17-10-12-19-43(40)33-46)52-36-37-22-24-41(25-23-37)45-28-26-39-16-9-11-18-42(39)32-45/h5-12,16-19,21-35,38H,2-4,13-15,20,36H2,1H3/b8-7+,30-6-,48-35-,51-31?,52-49?. The zero-order chi connectivity index (χ0) is 36.0. The van der Waals surface area contributed by atoms with E-state index < -0.39 is 0 Å². The average Bonchev–Trinajstić information content (AvgIpc) is 3.20. The molecule has 1 aliphatic rings. The van der Waals surface area contributed by atoms with Crippen LogP contribution in [0.3, 0.4) is 0 Å². The monoisotopic (exact) mass is 677 g/mol. The number of hydrogen-bond donors (Lipinski definition) is 0. The molecule has 3 nitrogen and oxygen atoms in total. The number of benzene rings is 5. The molecule has 1 atom stereocenters. The highest BCUT2D eigenvalue weighted by Gasteiger charge is 2.15. The molecule has 0 heterocycles. The zero-order valence-electron chi connectivity index (χ0n) is 30.2. The maximum Gasteiger partial charge on any atom is 0.0665 e. The smallest absolute Gasteiger partial charge is 0.0665 e. The van der Waals surface area contributed by atoms with Crippen molar-refractivity contribution in [1.82, 2.24) is 0 Å². The molecule has 6 rings (SSSR count). The van der Waals surface area contributed by atoms with E-state index in [4.69, 9.17) is 4.99 Å². The maximum atomic E-state index is 5.25. The van der Waals surface area contributed by atoms with Gasteiger partial charge in [-0.3, -0.25) is 15.0 Å². The topological polar surface area (TPSA) is 37.1 Å². The molecule has 1 unspecified atom stereocenters. The predicted molar refractivity (Wildman–Crippen MR) is 227 cm³/mol. The van der Waals surface area contributed by atoms with E-state index in [-0.39, 0.29) is 5.92 Å². The Morgan fingerprint density at radius 1 is 0.769 bits per heavy atom. The highest BCUT2D eigenvalue weighted by atomic mass is 14.8. The van der Waals surface area contributed by atoms with Gasteiger partial charge in [0.1, 0.15) is 0 Å². The van der Waals surface area contributed by atoms with Crippen molar-refractivity contribution in [1.29, 1.82) is 0 Å². The van der Waals surface area contributed by atoms with E-state index in [2.05, 4.69) is 170 Å². The van der Waals surface area contributed by atoms with Crippen molar-refractivity contribution in [2.24, 2.45) is 20.9 Å². The molecule has 258 valence electrons. The summed E-state index contributed by atoms with van der Waals surface area (Å²) in [5.74, 6) is 0.00485. The van der Waals surface area contributed by atoms with Crippen molar-refractivity contribution < 1.29 is 0 Å². The molecule has 0 spiro atoms. The molecule has 0 amide bonds. The zero-order valence-corrected chi connectivity index (χ0v) is 30.2. The summed E-state index contributed by atoms with van der Waals surface area (Å²) in [7, 11) is 0. The van der Waals surface area contributed by atoms with E-state index in [1.807, 2.05) is 24.6 Å². The molecule has 3 heteroatoms. The summed E-state index contributed by atoms with van der Waals surface area (Å²) >= 11 is 0. The summed E-state index contributed by atoms with van der Waals surface area (Å²) in [5.41, 5.74) is 9.00. The van der Waals surface area contributed by atoms with Crippen LogP contribution in [0.5, 0.6) is 0 Å². The quantitative estimate of drug-likeness (QED) is 0.0781. The highest BCUT2D eigenvalue weighted by molar-refractivity contribution is 6.12. The third-order valence-corrected chi connectivity index (χ3v) is 9.45. The Kier molecular flexibility index (Phi) is 12.7. The first-order valence-electron chi connectivity index (χ1n) is 18.3. The number of rotatable bonds is 15. The highest BCUT2D eigenvalue weighted by Crippen LogP contribution is 2.31. The fourth-order valence-electron chi connectivity index (χ4n) is 6.50. The van der Waals surface area contributed by atoms with Gasteiger partial charge in [-0.05, 0) is 112 Å². The Labute approximate surface area is 309 Å². The Morgan fingerprint density at radius 3 is 2.13 bits per heavy atom. The second-order valence-electron chi connectivity index (χ2n) is 13.0. The fraction of sp³-hybridized carbons (Fsp3) is 0.163. The van der Waals surface area contributed by atoms with E-state index in [1.54, 1.807) is 0 Å². The number of allylic oxidation sites excluding steroid dienone is 9. The fourth-order valence-corrected chi connectivity index (χ4v) is 6.50. The summed E-state index contributed by atoms with van der Waals surface area (Å²) in [5, 5.41) is 5.00. The minimum absolute atomic E-state index is 0.00485. The third-order valence-electron chi connectivity index (χ3n) is 9.45. The Hall–Kier alpha value is -5.93. The van der Waals surface area contributed by atoms with Crippen molar-refractivity contribution in [2.45, 2.75) is 45.6 Å². The maximum absolute atomic E-state index is 5.25. The van der Waals surface area contributed by atoms with Crippen LogP contribution in [-0.4, -0.2) is 18.6 Å². The Balaban J connectivity index is 1.28. The van der Waals surface area contributed by atoms with E-state index in [1.165, 1.54) is 43.8 Å². The predicted octanol–water partition coefficient (Wildman–Crippen LogP) is 13.1. The van der Waals surface area contributed by atoms with Crippen LogP contribution < -0.4 is 0 Å². The van der Waals surface area contributed by atoms with Crippen molar-refractivity contribution in [3.8, 4) is 11.1 Å². The van der Waals surface area contributed by atoms with Crippen LogP contribution in [0.25, 0.3) is 38.2 Å². The molecular formula is C49H47N3. The van der Waals surface area contributed by atoms with Gasteiger partial charge in [0.15, 0.2) is 0 Å². The van der Waals surface area contributed by atoms with Gasteiger partial charge in [0.05, 0.1) is 12.3 Å². The van der Waals surface area contributed by atoms with E-state index in [0.717, 1.165) is 54.6 Å². The number of fused-ring (bicyclic) bond motifs is 2. The van der Waals surface area contributed by atoms with Crippen LogP contribution in [0, 0.1) is 5.92 Å². The van der Waals surface area contributed by atoms with E-state index in [9.17, 15) is 0 Å². The van der Waals surface area contributed by atoms with Crippen LogP contribution in [0.2, 0.25) is 0 Å². The van der Waals surface area contributed by atoms with Gasteiger partial charge in [-0.2, -0.15) is 0 Å². The average molecular weight is 678 g/mol. The van der Waals surface area contributed by atoms with E-state index >= 15 is 0 Å². The van der Waals surface area contributed by atoms with Gasteiger partial charge in [0.2, 0.25) is 0 Å². The molecule has 0 bridgehead atoms. The Morgan fingerprint density at radius 2 is 1.44 bits per heavy atom. The summed E-state index contributed by atoms with van der Waals surface area (Å²) in [6, 6.07) is 39.2. The molecular weight excluding hydrogens is 631 g/mol. The first kappa shape index (κ1) is 35.9. The minimum Gasteiger partial charge on any atom is -0.280 e. The summed E-state index contributed by atoms with van der Waals surface area (Å²) in [6.07, 6.45) is 23.3. The van der Waals surface area contributed by atoms with Gasteiger partial charge < -0.3 is 0 Å². The van der Waals surface area contributed by atoms with Crippen LogP contribution in [-0.2, 0) is 6.54 Å². The molecule has 0 N–H and O–H groups in total. The number of aliphatic imine (C=N–C) groups is 3. The van der Waals surface area contributed by atoms with E-state index in [0.29, 0.717) is 6.54 Å². The van der Waals surface area contributed by atoms with Crippen LogP contribution in [0.15, 0.2) is 191 Å². The summed E-state index contributed by atoms with van der Waals surface area (Å²) in [4.78, 5) is 14.1. The normalized spacial score (nSPS) is 14.7. The second-order valence-corrected chi connectivity index (χ2v) is 13.0. The second kappa shape index (κ2) is 18.3. The lowest BCUT2D eigenvalue weighted by Gasteiger charge is -2.17. The molecule has 0 aliphatic heterocycles. The summed E-state index contributed by atoms with van der Waals surface area (Å²) < 4.78 is 0. The van der Waals surface area contributed by atoms with Gasteiger partial charge in [0.25, 0.3) is 0 Å². The SMILES string of the molecule is C=CC(C/C=C/CC=N/C=C\CC)/C(=C/C(=NCc1ccc(-c2ccc3ccccc3c2)cc1)C1=CCCC(c2ccc3ccccc3c2)=C1)N=C. The number of nitrogens with zero attached hydrogens (tertiary/aromatic N) is 3. The lowest BCUT2D eigenvalue weighted by molar-refractivity contribution is 0.768. The molecule has 0 aromatic heterocycles. The van der Waals surface area contributed by atoms with Crippen molar-refractivity contribution in [2.75, 3.05) is 0 Å². The molecule has 52 heavy (non-hydrogen) atoms. The third kappa shape index (κ3) is 9.44. The molecule has 0 fully saturated rings. The number of hydrogen-bond acceptors (Lipinski definition) is 3. The molecule has 5 aromatic rings. The largest absolute Gasteiger partial charge is 0.280 e. The first-order chi connectivity index (χ1) is 25.6. The van der Waals surface area contributed by atoms with Crippen LogP contribution >= 0.6 is 0 Å². The van der Waals surface area contributed by atoms with Gasteiger partial charge in [-0.15, -0.1) is 6.58 Å². The van der Waals surface area contributed by atoms with Crippen LogP contribution in [0.4, 0.5) is 0 Å². The summed E-state index contributed by atoms with van der Waals surface area (Å²) in [6.45, 7) is 10.8. The molecule has 0 saturated heterocycles. The van der Waals surface area contributed by atoms with Gasteiger partial charge in [-0.1, -0.05) is 134 Å². The molecule has 5 aromatic carbocycles. The lowest BCUT2D eigenvalue weighted by Crippen LogP contribution is -2.07. The van der Waals surface area contributed by atoms with Gasteiger partial charge >= 0.3 is 0 Å². The van der Waals surface area contributed by atoms with Gasteiger partial charge in [-0.25, -0.2) is 0 Å². The first-order valence-corrected chi connectivity index (χ1v) is 18.3. The van der Waals surface area contributed by atoms with Crippen molar-refractivity contribution >= 4 is 45.8 Å². The molecule has 1 aliphatic carbocycles. The van der Waals surface area contributed by atoms with Crippen molar-refractivity contribution in [3.63, 3.8) is 0 Å². The minimum atomic E-state index is 0.00485. The molecule has 0 radical (unpaired) electrons. The van der Waals surface area contributed by atoms with Gasteiger partial charge in [0, 0.05) is 30.5 Å². The lowest BCUT2D eigenvalue weighted by atomic mass is 9.90. The van der Waals surface area contributed by atoms with Crippen molar-refractivity contribution in [3.05, 3.63) is 187 Å². The molecule has 0 saturated carbocycles. The Bertz CT molecular complexity index is 2240.